The Bertz CT molecular complexity index is 1290. The third-order valence-electron chi connectivity index (χ3n) is 4.89. The molecule has 0 fully saturated rings. The molecule has 2 N–H and O–H groups in total. The predicted molar refractivity (Wildman–Crippen MR) is 118 cm³/mol. The quantitative estimate of drug-likeness (QED) is 0.583. The monoisotopic (exact) mass is 460 g/mol. The van der Waals surface area contributed by atoms with Crippen LogP contribution in [0.2, 0.25) is 0 Å². The summed E-state index contributed by atoms with van der Waals surface area (Å²) in [5.41, 5.74) is 2.08. The zero-order valence-corrected chi connectivity index (χ0v) is 18.5. The number of amides is 2. The van der Waals surface area contributed by atoms with Crippen molar-refractivity contribution in [3.8, 4) is 5.75 Å². The van der Waals surface area contributed by atoms with Crippen molar-refractivity contribution in [3.05, 3.63) is 42.0 Å². The lowest BCUT2D eigenvalue weighted by atomic mass is 10.0. The maximum absolute atomic E-state index is 12.9. The van der Waals surface area contributed by atoms with Crippen LogP contribution in [0.3, 0.4) is 0 Å². The van der Waals surface area contributed by atoms with Crippen molar-refractivity contribution in [1.82, 2.24) is 9.29 Å². The number of aryl methyl sites for hydroxylation is 1. The molecule has 1 aromatic heterocycles. The first-order valence-electron chi connectivity index (χ1n) is 9.40. The molecule has 0 bridgehead atoms. The van der Waals surface area contributed by atoms with E-state index in [9.17, 15) is 18.0 Å². The minimum absolute atomic E-state index is 0.0739. The van der Waals surface area contributed by atoms with Gasteiger partial charge >= 0.3 is 0 Å². The minimum atomic E-state index is -3.88. The summed E-state index contributed by atoms with van der Waals surface area (Å²) < 4.78 is 32.8. The topological polar surface area (TPSA) is 118 Å². The zero-order chi connectivity index (χ0) is 22.2. The van der Waals surface area contributed by atoms with E-state index in [2.05, 4.69) is 15.6 Å². The third-order valence-corrected chi connectivity index (χ3v) is 7.62. The number of nitrogens with zero attached hydrogens (tertiary/aromatic N) is 2. The van der Waals surface area contributed by atoms with E-state index in [0.717, 1.165) is 14.6 Å². The van der Waals surface area contributed by atoms with Crippen LogP contribution in [0.4, 0.5) is 10.8 Å². The lowest BCUT2D eigenvalue weighted by Gasteiger charge is -2.20. The fraction of sp³-hybridized carbons (Fsp3) is 0.250. The molecule has 162 valence electrons. The molecule has 11 heteroatoms. The first kappa shape index (κ1) is 21.2. The van der Waals surface area contributed by atoms with E-state index in [0.29, 0.717) is 34.9 Å². The van der Waals surface area contributed by atoms with E-state index in [1.807, 2.05) is 6.07 Å². The summed E-state index contributed by atoms with van der Waals surface area (Å²) in [7, 11) is -0.965. The minimum Gasteiger partial charge on any atom is -0.497 e. The third kappa shape index (κ3) is 4.38. The van der Waals surface area contributed by atoms with Gasteiger partial charge in [-0.05, 0) is 48.4 Å². The van der Waals surface area contributed by atoms with Gasteiger partial charge in [0.15, 0.2) is 5.13 Å². The van der Waals surface area contributed by atoms with Gasteiger partial charge in [-0.1, -0.05) is 11.3 Å². The highest BCUT2D eigenvalue weighted by atomic mass is 32.2. The number of carbonyl (C=O) groups is 2. The van der Waals surface area contributed by atoms with Gasteiger partial charge in [0.05, 0.1) is 28.8 Å². The van der Waals surface area contributed by atoms with Crippen molar-refractivity contribution in [3.63, 3.8) is 0 Å². The molecule has 0 aliphatic carbocycles. The van der Waals surface area contributed by atoms with Gasteiger partial charge in [0.25, 0.3) is 0 Å². The molecule has 1 aliphatic heterocycles. The van der Waals surface area contributed by atoms with E-state index in [4.69, 9.17) is 4.74 Å². The Morgan fingerprint density at radius 3 is 2.84 bits per heavy atom. The van der Waals surface area contributed by atoms with Crippen molar-refractivity contribution in [2.24, 2.45) is 0 Å². The maximum Gasteiger partial charge on any atom is 0.243 e. The number of hydrogen-bond donors (Lipinski definition) is 2. The summed E-state index contributed by atoms with van der Waals surface area (Å²) in [5, 5.41) is 5.75. The normalized spacial score (nSPS) is 13.7. The predicted octanol–water partition coefficient (Wildman–Crippen LogP) is 2.45. The number of fused-ring (bicyclic) bond motifs is 2. The Hall–Kier alpha value is -3.02. The number of methoxy groups -OCH3 is 1. The molecule has 0 unspecified atom stereocenters. The second-order valence-electron chi connectivity index (χ2n) is 7.03. The lowest BCUT2D eigenvalue weighted by Crippen LogP contribution is -2.35. The highest BCUT2D eigenvalue weighted by Crippen LogP contribution is 2.29. The molecule has 9 nitrogen and oxygen atoms in total. The average Bonchev–Trinajstić information content (AvgIpc) is 3.14. The largest absolute Gasteiger partial charge is 0.497 e. The highest BCUT2D eigenvalue weighted by Gasteiger charge is 2.25. The average molecular weight is 461 g/mol. The maximum atomic E-state index is 12.9. The van der Waals surface area contributed by atoms with Crippen LogP contribution in [0.5, 0.6) is 5.75 Å². The highest BCUT2D eigenvalue weighted by molar-refractivity contribution is 7.89. The summed E-state index contributed by atoms with van der Waals surface area (Å²) in [4.78, 5) is 28.3. The van der Waals surface area contributed by atoms with Crippen LogP contribution >= 0.6 is 11.3 Å². The molecule has 2 heterocycles. The summed E-state index contributed by atoms with van der Waals surface area (Å²) in [6.45, 7) is -0.366. The van der Waals surface area contributed by atoms with Crippen molar-refractivity contribution < 1.29 is 22.7 Å². The van der Waals surface area contributed by atoms with E-state index >= 15 is 0 Å². The molecular weight excluding hydrogens is 440 g/mol. The van der Waals surface area contributed by atoms with E-state index in [-0.39, 0.29) is 17.3 Å². The van der Waals surface area contributed by atoms with Gasteiger partial charge in [-0.2, -0.15) is 4.31 Å². The van der Waals surface area contributed by atoms with Gasteiger partial charge in [0, 0.05) is 19.2 Å². The molecule has 2 aromatic carbocycles. The first-order valence-corrected chi connectivity index (χ1v) is 11.7. The Morgan fingerprint density at radius 2 is 2.06 bits per heavy atom. The summed E-state index contributed by atoms with van der Waals surface area (Å²) in [6, 6.07) is 9.92. The first-order chi connectivity index (χ1) is 14.8. The smallest absolute Gasteiger partial charge is 0.243 e. The Labute approximate surface area is 183 Å². The van der Waals surface area contributed by atoms with Crippen LogP contribution in [-0.2, 0) is 26.0 Å². The molecule has 31 heavy (non-hydrogen) atoms. The van der Waals surface area contributed by atoms with Gasteiger partial charge in [-0.3, -0.25) is 9.59 Å². The Balaban J connectivity index is 1.46. The second kappa shape index (κ2) is 8.25. The van der Waals surface area contributed by atoms with Crippen molar-refractivity contribution in [2.45, 2.75) is 17.7 Å². The van der Waals surface area contributed by atoms with Crippen LogP contribution in [0.15, 0.2) is 41.3 Å². The summed E-state index contributed by atoms with van der Waals surface area (Å²) in [6.07, 6.45) is 0.778. The lowest BCUT2D eigenvalue weighted by molar-refractivity contribution is -0.117. The number of aromatic nitrogens is 1. The molecular formula is C20H20N4O5S2. The fourth-order valence-corrected chi connectivity index (χ4v) is 5.32. The standard InChI is InChI=1S/C20H20N4O5S2/c1-24(31(27,28)14-5-7-15-12(9-14)3-8-18(25)21-15)11-19(26)23-20-22-16-6-4-13(29-2)10-17(16)30-20/h4-7,9-10H,3,8,11H2,1-2H3,(H,21,25)(H,22,23,26). The number of hydrogen-bond acceptors (Lipinski definition) is 7. The number of nitrogens with one attached hydrogen (secondary N) is 2. The van der Waals surface area contributed by atoms with Gasteiger partial charge < -0.3 is 15.4 Å². The van der Waals surface area contributed by atoms with Crippen LogP contribution in [0, 0.1) is 0 Å². The number of sulfonamides is 1. The summed E-state index contributed by atoms with van der Waals surface area (Å²) >= 11 is 1.28. The van der Waals surface area contributed by atoms with E-state index < -0.39 is 15.9 Å². The number of ether oxygens (including phenoxy) is 1. The molecule has 2 amide bonds. The number of anilines is 2. The van der Waals surface area contributed by atoms with Crippen LogP contribution in [0.1, 0.15) is 12.0 Å². The molecule has 3 aromatic rings. The van der Waals surface area contributed by atoms with Crippen LogP contribution < -0.4 is 15.4 Å². The number of likely N-dealkylation sites (N-methyl/N-ethyl adjacent to an activating group) is 1. The number of carbonyl (C=O) groups excluding carboxylic acids is 2. The van der Waals surface area contributed by atoms with Crippen LogP contribution in [-0.4, -0.2) is 50.2 Å². The molecule has 0 spiro atoms. The second-order valence-corrected chi connectivity index (χ2v) is 10.1. The number of thiazole rings is 1. The molecule has 0 saturated heterocycles. The van der Waals surface area contributed by atoms with Crippen LogP contribution in [0.25, 0.3) is 10.2 Å². The van der Waals surface area contributed by atoms with Gasteiger partial charge in [0.1, 0.15) is 5.75 Å². The van der Waals surface area contributed by atoms with Crippen molar-refractivity contribution in [1.29, 1.82) is 0 Å². The Kier molecular flexibility index (Phi) is 5.65. The molecule has 0 saturated carbocycles. The zero-order valence-electron chi connectivity index (χ0n) is 16.8. The van der Waals surface area contributed by atoms with E-state index in [1.54, 1.807) is 31.4 Å². The summed E-state index contributed by atoms with van der Waals surface area (Å²) in [5.74, 6) is 0.0944. The molecule has 0 radical (unpaired) electrons. The van der Waals surface area contributed by atoms with Gasteiger partial charge in [0.2, 0.25) is 21.8 Å². The number of benzene rings is 2. The fourth-order valence-electron chi connectivity index (χ4n) is 3.23. The molecule has 0 atom stereocenters. The number of rotatable bonds is 6. The van der Waals surface area contributed by atoms with Crippen molar-refractivity contribution >= 4 is 54.2 Å². The van der Waals surface area contributed by atoms with Gasteiger partial charge in [-0.25, -0.2) is 13.4 Å². The Morgan fingerprint density at radius 1 is 1.26 bits per heavy atom. The molecule has 1 aliphatic rings. The SMILES string of the molecule is COc1ccc2nc(NC(=O)CN(C)S(=O)(=O)c3ccc4c(c3)CCC(=O)N4)sc2c1. The van der Waals surface area contributed by atoms with E-state index in [1.165, 1.54) is 24.5 Å². The van der Waals surface area contributed by atoms with Gasteiger partial charge in [-0.15, -0.1) is 0 Å². The molecule has 4 rings (SSSR count). The van der Waals surface area contributed by atoms with Crippen molar-refractivity contribution in [2.75, 3.05) is 31.3 Å².